The normalized spacial score (nSPS) is 16.3. The van der Waals surface area contributed by atoms with Gasteiger partial charge in [-0.25, -0.2) is 8.42 Å². The lowest BCUT2D eigenvalue weighted by Crippen LogP contribution is -2.35. The Balaban J connectivity index is 2.39. The number of sulfonamides is 1. The van der Waals surface area contributed by atoms with E-state index in [0.29, 0.717) is 31.2 Å². The standard InChI is InChI=1S/C16H25N3O4S/c1-13(2)12-17(3)15-8-7-14(11-16(15)19(20)21)24(22,23)18-9-5-4-6-10-18/h7-8,11,13H,4-6,9-10,12H2,1-3H3. The third-order valence-corrected chi connectivity index (χ3v) is 6.04. The van der Waals surface area contributed by atoms with Crippen molar-refractivity contribution in [1.29, 1.82) is 0 Å². The van der Waals surface area contributed by atoms with Crippen LogP contribution in [0.2, 0.25) is 0 Å². The van der Waals surface area contributed by atoms with Gasteiger partial charge < -0.3 is 4.90 Å². The van der Waals surface area contributed by atoms with Crippen LogP contribution in [-0.2, 0) is 10.0 Å². The molecule has 1 heterocycles. The second-order valence-corrected chi connectivity index (χ2v) is 8.58. The maximum absolute atomic E-state index is 12.7. The molecule has 0 atom stereocenters. The highest BCUT2D eigenvalue weighted by atomic mass is 32.2. The van der Waals surface area contributed by atoms with E-state index in [4.69, 9.17) is 0 Å². The molecule has 1 aromatic rings. The fraction of sp³-hybridized carbons (Fsp3) is 0.625. The quantitative estimate of drug-likeness (QED) is 0.579. The first kappa shape index (κ1) is 18.7. The minimum atomic E-state index is -3.67. The van der Waals surface area contributed by atoms with Gasteiger partial charge in [0.2, 0.25) is 10.0 Å². The fourth-order valence-electron chi connectivity index (χ4n) is 3.03. The highest BCUT2D eigenvalue weighted by molar-refractivity contribution is 7.89. The molecule has 24 heavy (non-hydrogen) atoms. The van der Waals surface area contributed by atoms with Crippen LogP contribution in [0.5, 0.6) is 0 Å². The smallest absolute Gasteiger partial charge is 0.293 e. The van der Waals surface area contributed by atoms with Crippen molar-refractivity contribution in [3.63, 3.8) is 0 Å². The van der Waals surface area contributed by atoms with Gasteiger partial charge in [0.25, 0.3) is 5.69 Å². The molecule has 7 nitrogen and oxygen atoms in total. The van der Waals surface area contributed by atoms with Crippen LogP contribution in [-0.4, -0.2) is 44.3 Å². The highest BCUT2D eigenvalue weighted by Gasteiger charge is 2.29. The Kier molecular flexibility index (Phi) is 5.82. The van der Waals surface area contributed by atoms with Gasteiger partial charge in [-0.1, -0.05) is 20.3 Å². The summed E-state index contributed by atoms with van der Waals surface area (Å²) in [5.74, 6) is 0.339. The SMILES string of the molecule is CC(C)CN(C)c1ccc(S(=O)(=O)N2CCCCC2)cc1[N+](=O)[O-]. The van der Waals surface area contributed by atoms with E-state index in [1.807, 2.05) is 13.8 Å². The van der Waals surface area contributed by atoms with Crippen molar-refractivity contribution in [3.05, 3.63) is 28.3 Å². The predicted octanol–water partition coefficient (Wildman–Crippen LogP) is 2.86. The summed E-state index contributed by atoms with van der Waals surface area (Å²) in [6.07, 6.45) is 2.68. The van der Waals surface area contributed by atoms with Gasteiger partial charge in [0.05, 0.1) is 9.82 Å². The van der Waals surface area contributed by atoms with Crippen LogP contribution in [0.4, 0.5) is 11.4 Å². The molecule has 0 aromatic heterocycles. The largest absolute Gasteiger partial charge is 0.369 e. The van der Waals surface area contributed by atoms with Crippen LogP contribution in [0.15, 0.2) is 23.1 Å². The predicted molar refractivity (Wildman–Crippen MR) is 93.8 cm³/mol. The molecule has 1 aliphatic heterocycles. The summed E-state index contributed by atoms with van der Waals surface area (Å²) in [7, 11) is -1.89. The maximum atomic E-state index is 12.7. The van der Waals surface area contributed by atoms with E-state index in [1.165, 1.54) is 22.5 Å². The maximum Gasteiger partial charge on any atom is 0.293 e. The summed E-state index contributed by atoms with van der Waals surface area (Å²) < 4.78 is 26.8. The Hall–Kier alpha value is -1.67. The molecule has 1 saturated heterocycles. The third-order valence-electron chi connectivity index (χ3n) is 4.15. The van der Waals surface area contributed by atoms with Gasteiger partial charge in [0.15, 0.2) is 0 Å². The fourth-order valence-corrected chi connectivity index (χ4v) is 4.57. The molecule has 0 bridgehead atoms. The summed E-state index contributed by atoms with van der Waals surface area (Å²) >= 11 is 0. The second-order valence-electron chi connectivity index (χ2n) is 6.65. The molecule has 134 valence electrons. The number of anilines is 1. The van der Waals surface area contributed by atoms with Crippen LogP contribution >= 0.6 is 0 Å². The molecule has 0 spiro atoms. The molecule has 0 saturated carbocycles. The Morgan fingerprint density at radius 2 is 1.88 bits per heavy atom. The van der Waals surface area contributed by atoms with Crippen LogP contribution in [0, 0.1) is 16.0 Å². The molecule has 2 rings (SSSR count). The molecular formula is C16H25N3O4S. The lowest BCUT2D eigenvalue weighted by molar-refractivity contribution is -0.384. The Morgan fingerprint density at radius 3 is 2.42 bits per heavy atom. The van der Waals surface area contributed by atoms with Gasteiger partial charge in [-0.05, 0) is 30.9 Å². The van der Waals surface area contributed by atoms with Crippen LogP contribution in [0.3, 0.4) is 0 Å². The van der Waals surface area contributed by atoms with Crippen LogP contribution < -0.4 is 4.90 Å². The van der Waals surface area contributed by atoms with Gasteiger partial charge in [0, 0.05) is 32.7 Å². The summed E-state index contributed by atoms with van der Waals surface area (Å²) in [5, 5.41) is 11.4. The number of nitrogens with zero attached hydrogens (tertiary/aromatic N) is 3. The molecule has 0 radical (unpaired) electrons. The van der Waals surface area contributed by atoms with Crippen molar-refractivity contribution >= 4 is 21.4 Å². The van der Waals surface area contributed by atoms with E-state index < -0.39 is 14.9 Å². The van der Waals surface area contributed by atoms with Crippen molar-refractivity contribution < 1.29 is 13.3 Å². The van der Waals surface area contributed by atoms with Gasteiger partial charge in [0.1, 0.15) is 5.69 Å². The summed E-state index contributed by atoms with van der Waals surface area (Å²) in [6.45, 7) is 5.66. The summed E-state index contributed by atoms with van der Waals surface area (Å²) in [4.78, 5) is 12.7. The summed E-state index contributed by atoms with van der Waals surface area (Å²) in [6, 6.07) is 4.20. The van der Waals surface area contributed by atoms with Crippen LogP contribution in [0.1, 0.15) is 33.1 Å². The molecule has 1 aliphatic rings. The highest BCUT2D eigenvalue weighted by Crippen LogP contribution is 2.32. The molecule has 1 aromatic carbocycles. The van der Waals surface area contributed by atoms with Crippen molar-refractivity contribution in [2.24, 2.45) is 5.92 Å². The van der Waals surface area contributed by atoms with E-state index in [0.717, 1.165) is 19.3 Å². The Morgan fingerprint density at radius 1 is 1.25 bits per heavy atom. The van der Waals surface area contributed by atoms with E-state index in [9.17, 15) is 18.5 Å². The van der Waals surface area contributed by atoms with E-state index in [2.05, 4.69) is 0 Å². The average Bonchev–Trinajstić information content (AvgIpc) is 2.54. The lowest BCUT2D eigenvalue weighted by atomic mass is 10.2. The monoisotopic (exact) mass is 355 g/mol. The van der Waals surface area contributed by atoms with Gasteiger partial charge in [-0.2, -0.15) is 4.31 Å². The summed E-state index contributed by atoms with van der Waals surface area (Å²) in [5.41, 5.74) is 0.266. The molecule has 0 amide bonds. The van der Waals surface area contributed by atoms with E-state index in [-0.39, 0.29) is 10.6 Å². The minimum absolute atomic E-state index is 0.00204. The van der Waals surface area contributed by atoms with Crippen molar-refractivity contribution in [2.45, 2.75) is 38.0 Å². The zero-order valence-corrected chi connectivity index (χ0v) is 15.3. The van der Waals surface area contributed by atoms with Crippen molar-refractivity contribution in [1.82, 2.24) is 4.31 Å². The number of hydrogen-bond acceptors (Lipinski definition) is 5. The average molecular weight is 355 g/mol. The Labute approximate surface area is 143 Å². The molecule has 1 fully saturated rings. The number of rotatable bonds is 6. The number of benzene rings is 1. The Bertz CT molecular complexity index is 697. The third kappa shape index (κ3) is 4.05. The van der Waals surface area contributed by atoms with Crippen LogP contribution in [0.25, 0.3) is 0 Å². The van der Waals surface area contributed by atoms with E-state index in [1.54, 1.807) is 11.9 Å². The number of nitro groups is 1. The van der Waals surface area contributed by atoms with Gasteiger partial charge >= 0.3 is 0 Å². The van der Waals surface area contributed by atoms with Crippen molar-refractivity contribution in [3.8, 4) is 0 Å². The lowest BCUT2D eigenvalue weighted by Gasteiger charge is -2.26. The van der Waals surface area contributed by atoms with Gasteiger partial charge in [-0.15, -0.1) is 0 Å². The zero-order valence-electron chi connectivity index (χ0n) is 14.4. The van der Waals surface area contributed by atoms with Gasteiger partial charge in [-0.3, -0.25) is 10.1 Å². The zero-order chi connectivity index (χ0) is 17.9. The minimum Gasteiger partial charge on any atom is -0.369 e. The molecule has 0 aliphatic carbocycles. The molecular weight excluding hydrogens is 330 g/mol. The molecule has 8 heteroatoms. The second kappa shape index (κ2) is 7.48. The first-order valence-electron chi connectivity index (χ1n) is 8.23. The number of piperidine rings is 1. The van der Waals surface area contributed by atoms with Crippen molar-refractivity contribution in [2.75, 3.05) is 31.6 Å². The first-order chi connectivity index (χ1) is 11.2. The molecule has 0 unspecified atom stereocenters. The number of hydrogen-bond donors (Lipinski definition) is 0. The molecule has 0 N–H and O–H groups in total. The first-order valence-corrected chi connectivity index (χ1v) is 9.67. The van der Waals surface area contributed by atoms with E-state index >= 15 is 0 Å². The number of nitro benzene ring substituents is 1. The topological polar surface area (TPSA) is 83.8 Å².